The van der Waals surface area contributed by atoms with Gasteiger partial charge < -0.3 is 25.3 Å². The molecule has 1 atom stereocenters. The summed E-state index contributed by atoms with van der Waals surface area (Å²) in [5.74, 6) is -3.20. The molecule has 0 aliphatic carbocycles. The van der Waals surface area contributed by atoms with Gasteiger partial charge in [-0.1, -0.05) is 0 Å². The Morgan fingerprint density at radius 2 is 1.91 bits per heavy atom. The molecule has 0 aromatic carbocycles. The second kappa shape index (κ2) is 10.8. The summed E-state index contributed by atoms with van der Waals surface area (Å²) in [7, 11) is -2.16. The van der Waals surface area contributed by atoms with Crippen LogP contribution in [0, 0.1) is 6.92 Å². The van der Waals surface area contributed by atoms with E-state index < -0.39 is 46.4 Å². The zero-order valence-electron chi connectivity index (χ0n) is 17.8. The maximum Gasteiger partial charge on any atom is 0.341 e. The number of nitrogens with two attached hydrogens (primary N) is 1. The standard InChI is InChI=1S/C18H25N3O9S2/c1-10-13(18(25)29-8-7-28-2)16(31-14(10)15(19)23)20-12(22)9-30-17(24)11-5-4-6-21(11)32(3,26)27/h11H,4-9H2,1-3H3,(H2,19,23)(H,20,22). The van der Waals surface area contributed by atoms with Gasteiger partial charge in [0.25, 0.3) is 11.8 Å². The first-order valence-electron chi connectivity index (χ1n) is 9.50. The summed E-state index contributed by atoms with van der Waals surface area (Å²) in [4.78, 5) is 48.8. The highest BCUT2D eigenvalue weighted by molar-refractivity contribution is 7.88. The summed E-state index contributed by atoms with van der Waals surface area (Å²) in [5, 5.41) is 2.43. The maximum absolute atomic E-state index is 12.4. The number of nitrogens with one attached hydrogen (secondary N) is 1. The molecule has 1 fully saturated rings. The number of carbonyl (C=O) groups excluding carboxylic acids is 4. The fourth-order valence-electron chi connectivity index (χ4n) is 3.14. The molecule has 12 nitrogen and oxygen atoms in total. The second-order valence-corrected chi connectivity index (χ2v) is 9.90. The normalized spacial score (nSPS) is 16.5. The zero-order valence-corrected chi connectivity index (χ0v) is 19.5. The summed E-state index contributed by atoms with van der Waals surface area (Å²) < 4.78 is 39.4. The Kier molecular flexibility index (Phi) is 8.72. The third-order valence-corrected chi connectivity index (χ3v) is 7.11. The number of methoxy groups -OCH3 is 1. The molecule has 1 unspecified atom stereocenters. The smallest absolute Gasteiger partial charge is 0.341 e. The molecule has 0 spiro atoms. The van der Waals surface area contributed by atoms with Crippen molar-refractivity contribution in [3.05, 3.63) is 16.0 Å². The van der Waals surface area contributed by atoms with Gasteiger partial charge in [0, 0.05) is 13.7 Å². The van der Waals surface area contributed by atoms with Crippen molar-refractivity contribution in [2.24, 2.45) is 5.73 Å². The highest BCUT2D eigenvalue weighted by Gasteiger charge is 2.37. The second-order valence-electron chi connectivity index (χ2n) is 6.94. The number of carbonyl (C=O) groups is 4. The molecular formula is C18H25N3O9S2. The van der Waals surface area contributed by atoms with Crippen molar-refractivity contribution in [3.8, 4) is 0 Å². The zero-order chi connectivity index (χ0) is 24.1. The highest BCUT2D eigenvalue weighted by Crippen LogP contribution is 2.33. The first-order valence-corrected chi connectivity index (χ1v) is 12.2. The van der Waals surface area contributed by atoms with E-state index in [1.165, 1.54) is 14.0 Å². The Morgan fingerprint density at radius 3 is 2.50 bits per heavy atom. The fraction of sp³-hybridized carbons (Fsp3) is 0.556. The van der Waals surface area contributed by atoms with Crippen LogP contribution < -0.4 is 11.1 Å². The lowest BCUT2D eigenvalue weighted by atomic mass is 10.1. The van der Waals surface area contributed by atoms with Crippen LogP contribution in [0.4, 0.5) is 5.00 Å². The molecule has 1 aliphatic rings. The van der Waals surface area contributed by atoms with Gasteiger partial charge in [0.05, 0.1) is 23.3 Å². The van der Waals surface area contributed by atoms with E-state index in [0.29, 0.717) is 6.42 Å². The lowest BCUT2D eigenvalue weighted by molar-refractivity contribution is -0.150. The Morgan fingerprint density at radius 1 is 1.22 bits per heavy atom. The van der Waals surface area contributed by atoms with Crippen molar-refractivity contribution in [2.45, 2.75) is 25.8 Å². The summed E-state index contributed by atoms with van der Waals surface area (Å²) in [6, 6.07) is -0.991. The Hall–Kier alpha value is -2.55. The molecule has 14 heteroatoms. The van der Waals surface area contributed by atoms with Gasteiger partial charge >= 0.3 is 11.9 Å². The summed E-state index contributed by atoms with van der Waals surface area (Å²) in [5.41, 5.74) is 5.53. The molecule has 3 N–H and O–H groups in total. The van der Waals surface area contributed by atoms with Crippen LogP contribution in [0.25, 0.3) is 0 Å². The third kappa shape index (κ3) is 6.25. The van der Waals surface area contributed by atoms with Crippen LogP contribution in [0.3, 0.4) is 0 Å². The van der Waals surface area contributed by atoms with Gasteiger partial charge in [0.2, 0.25) is 10.0 Å². The molecule has 0 saturated carbocycles. The molecule has 32 heavy (non-hydrogen) atoms. The number of thiophene rings is 1. The minimum atomic E-state index is -3.59. The van der Waals surface area contributed by atoms with Gasteiger partial charge in [-0.3, -0.25) is 14.4 Å². The van der Waals surface area contributed by atoms with Gasteiger partial charge in [0.1, 0.15) is 17.6 Å². The van der Waals surface area contributed by atoms with Crippen LogP contribution in [-0.4, -0.2) is 82.2 Å². The van der Waals surface area contributed by atoms with Crippen LogP contribution in [0.2, 0.25) is 0 Å². The molecule has 1 aromatic rings. The molecule has 1 saturated heterocycles. The van der Waals surface area contributed by atoms with E-state index in [1.807, 2.05) is 0 Å². The largest absolute Gasteiger partial charge is 0.460 e. The monoisotopic (exact) mass is 491 g/mol. The first kappa shape index (κ1) is 25.7. The average molecular weight is 492 g/mol. The number of anilines is 1. The van der Waals surface area contributed by atoms with Crippen molar-refractivity contribution in [2.75, 3.05) is 45.0 Å². The quantitative estimate of drug-likeness (QED) is 0.334. The van der Waals surface area contributed by atoms with Gasteiger partial charge in [-0.2, -0.15) is 4.31 Å². The predicted octanol–water partition coefficient (Wildman–Crippen LogP) is -0.136. The van der Waals surface area contributed by atoms with Crippen LogP contribution in [0.15, 0.2) is 0 Å². The lowest BCUT2D eigenvalue weighted by Gasteiger charge is -2.20. The van der Waals surface area contributed by atoms with Crippen molar-refractivity contribution in [1.82, 2.24) is 4.31 Å². The fourth-order valence-corrected chi connectivity index (χ4v) is 5.32. The lowest BCUT2D eigenvalue weighted by Crippen LogP contribution is -2.41. The topological polar surface area (TPSA) is 171 Å². The van der Waals surface area contributed by atoms with Crippen molar-refractivity contribution >= 4 is 50.1 Å². The SMILES string of the molecule is COCCOC(=O)c1c(NC(=O)COC(=O)C2CCCN2S(C)(=O)=O)sc(C(N)=O)c1C. The minimum Gasteiger partial charge on any atom is -0.460 e. The number of rotatable bonds is 10. The number of esters is 2. The van der Waals surface area contributed by atoms with Crippen LogP contribution in [0.1, 0.15) is 38.4 Å². The Balaban J connectivity index is 2.08. The van der Waals surface area contributed by atoms with E-state index in [4.69, 9.17) is 19.9 Å². The molecule has 2 heterocycles. The molecule has 178 valence electrons. The van der Waals surface area contributed by atoms with Gasteiger partial charge in [-0.05, 0) is 25.3 Å². The minimum absolute atomic E-state index is 0.0124. The highest BCUT2D eigenvalue weighted by atomic mass is 32.2. The van der Waals surface area contributed by atoms with Crippen molar-refractivity contribution in [1.29, 1.82) is 0 Å². The van der Waals surface area contributed by atoms with E-state index in [9.17, 15) is 27.6 Å². The van der Waals surface area contributed by atoms with Gasteiger partial charge in [0.15, 0.2) is 6.61 Å². The van der Waals surface area contributed by atoms with Crippen molar-refractivity contribution < 1.29 is 41.8 Å². The summed E-state index contributed by atoms with van der Waals surface area (Å²) in [6.45, 7) is 1.08. The van der Waals surface area contributed by atoms with E-state index >= 15 is 0 Å². The van der Waals surface area contributed by atoms with E-state index in [1.54, 1.807) is 0 Å². The van der Waals surface area contributed by atoms with E-state index in [0.717, 1.165) is 21.9 Å². The Bertz CT molecular complexity index is 1000. The molecule has 2 rings (SSSR count). The van der Waals surface area contributed by atoms with E-state index in [-0.39, 0.29) is 47.2 Å². The molecule has 1 aliphatic heterocycles. The predicted molar refractivity (Wildman–Crippen MR) is 114 cm³/mol. The van der Waals surface area contributed by atoms with Crippen LogP contribution in [0.5, 0.6) is 0 Å². The van der Waals surface area contributed by atoms with Gasteiger partial charge in [-0.25, -0.2) is 13.2 Å². The molecule has 0 bridgehead atoms. The van der Waals surface area contributed by atoms with Crippen LogP contribution >= 0.6 is 11.3 Å². The summed E-state index contributed by atoms with van der Waals surface area (Å²) >= 11 is 0.787. The number of primary amides is 1. The van der Waals surface area contributed by atoms with Crippen molar-refractivity contribution in [3.63, 3.8) is 0 Å². The summed E-state index contributed by atoms with van der Waals surface area (Å²) in [6.07, 6.45) is 1.78. The van der Waals surface area contributed by atoms with Crippen LogP contribution in [-0.2, 0) is 33.8 Å². The Labute approximate surface area is 189 Å². The molecule has 2 amide bonds. The molecular weight excluding hydrogens is 466 g/mol. The molecule has 0 radical (unpaired) electrons. The number of hydrogen-bond donors (Lipinski definition) is 2. The number of sulfonamides is 1. The third-order valence-electron chi connectivity index (χ3n) is 4.60. The maximum atomic E-state index is 12.4. The van der Waals surface area contributed by atoms with Gasteiger partial charge in [-0.15, -0.1) is 11.3 Å². The van der Waals surface area contributed by atoms with E-state index in [2.05, 4.69) is 5.32 Å². The number of amides is 2. The number of hydrogen-bond acceptors (Lipinski definition) is 10. The first-order chi connectivity index (χ1) is 15.0. The number of nitrogens with zero attached hydrogens (tertiary/aromatic N) is 1. The average Bonchev–Trinajstić information content (AvgIpc) is 3.31. The molecule has 1 aromatic heterocycles. The number of ether oxygens (including phenoxy) is 3.